The highest BCUT2D eigenvalue weighted by atomic mass is 35.5. The number of oxazole rings is 1. The predicted molar refractivity (Wildman–Crippen MR) is 110 cm³/mol. The summed E-state index contributed by atoms with van der Waals surface area (Å²) < 4.78 is 24.2. The first-order chi connectivity index (χ1) is 13.9. The van der Waals surface area contributed by atoms with Crippen molar-refractivity contribution in [3.63, 3.8) is 0 Å². The van der Waals surface area contributed by atoms with Crippen LogP contribution in [0.15, 0.2) is 59.0 Å². The van der Waals surface area contributed by atoms with Gasteiger partial charge in [0.25, 0.3) is 5.91 Å². The number of nitrogens with zero attached hydrogens (tertiary/aromatic N) is 1. The number of halogens is 3. The van der Waals surface area contributed by atoms with E-state index in [-0.39, 0.29) is 27.3 Å². The average Bonchev–Trinajstić information content (AvgIpc) is 3.11. The van der Waals surface area contributed by atoms with E-state index in [9.17, 15) is 9.18 Å². The molecule has 0 atom stereocenters. The van der Waals surface area contributed by atoms with E-state index in [1.165, 1.54) is 31.4 Å². The van der Waals surface area contributed by atoms with Crippen LogP contribution < -0.4 is 10.1 Å². The molecule has 0 fully saturated rings. The molecule has 5 nitrogen and oxygen atoms in total. The number of anilines is 1. The number of carbonyl (C=O) groups is 1. The van der Waals surface area contributed by atoms with Gasteiger partial charge < -0.3 is 14.5 Å². The number of carbonyl (C=O) groups excluding carboxylic acids is 1. The fraction of sp³-hybridized carbons (Fsp3) is 0.0476. The van der Waals surface area contributed by atoms with Crippen LogP contribution >= 0.6 is 23.2 Å². The number of methoxy groups -OCH3 is 1. The lowest BCUT2D eigenvalue weighted by molar-refractivity contribution is 0.102. The van der Waals surface area contributed by atoms with Crippen LogP contribution in [-0.4, -0.2) is 18.0 Å². The van der Waals surface area contributed by atoms with Gasteiger partial charge >= 0.3 is 0 Å². The lowest BCUT2D eigenvalue weighted by atomic mass is 10.2. The minimum absolute atomic E-state index is 0.233. The van der Waals surface area contributed by atoms with Gasteiger partial charge in [0, 0.05) is 16.8 Å². The van der Waals surface area contributed by atoms with Gasteiger partial charge in [-0.05, 0) is 48.5 Å². The molecule has 1 heterocycles. The molecule has 0 unspecified atom stereocenters. The van der Waals surface area contributed by atoms with Gasteiger partial charge in [-0.2, -0.15) is 0 Å². The normalized spacial score (nSPS) is 10.9. The Hall–Kier alpha value is -3.09. The van der Waals surface area contributed by atoms with Gasteiger partial charge in [0.15, 0.2) is 11.3 Å². The molecular weight excluding hydrogens is 418 g/mol. The summed E-state index contributed by atoms with van der Waals surface area (Å²) in [5.41, 5.74) is 2.34. The molecule has 0 saturated heterocycles. The van der Waals surface area contributed by atoms with Gasteiger partial charge in [-0.3, -0.25) is 4.79 Å². The van der Waals surface area contributed by atoms with Crippen LogP contribution in [0.5, 0.6) is 5.75 Å². The molecular formula is C21H13Cl2FN2O3. The van der Waals surface area contributed by atoms with Crippen molar-refractivity contribution >= 4 is 45.9 Å². The van der Waals surface area contributed by atoms with E-state index in [2.05, 4.69) is 10.3 Å². The zero-order chi connectivity index (χ0) is 20.5. The van der Waals surface area contributed by atoms with Crippen molar-refractivity contribution in [2.24, 2.45) is 0 Å². The first-order valence-electron chi connectivity index (χ1n) is 8.45. The third-order valence-corrected chi connectivity index (χ3v) is 4.74. The minimum atomic E-state index is -0.398. The highest BCUT2D eigenvalue weighted by Gasteiger charge is 2.15. The molecule has 4 aromatic rings. The molecule has 0 radical (unpaired) electrons. The van der Waals surface area contributed by atoms with E-state index in [1.54, 1.807) is 30.3 Å². The number of fused-ring (bicyclic) bond motifs is 1. The fourth-order valence-corrected chi connectivity index (χ4v) is 3.48. The van der Waals surface area contributed by atoms with E-state index >= 15 is 0 Å². The van der Waals surface area contributed by atoms with Crippen LogP contribution in [0.1, 0.15) is 10.4 Å². The third-order valence-electron chi connectivity index (χ3n) is 4.18. The topological polar surface area (TPSA) is 64.4 Å². The zero-order valence-electron chi connectivity index (χ0n) is 15.0. The number of benzene rings is 3. The standard InChI is InChI=1S/C21H13Cl2FN2O3/c1-28-19-15(22)8-12(9-16(19)23)20(27)25-14-5-6-18-17(10-14)26-21(29-18)11-3-2-4-13(24)7-11/h2-10H,1H3,(H,25,27). The molecule has 0 aliphatic carbocycles. The van der Waals surface area contributed by atoms with Crippen LogP contribution in [0, 0.1) is 5.82 Å². The highest BCUT2D eigenvalue weighted by Crippen LogP contribution is 2.34. The van der Waals surface area contributed by atoms with Crippen LogP contribution in [0.25, 0.3) is 22.6 Å². The molecule has 1 aromatic heterocycles. The Bertz CT molecular complexity index is 1220. The Morgan fingerprint density at radius 2 is 1.86 bits per heavy atom. The summed E-state index contributed by atoms with van der Waals surface area (Å²) in [5, 5.41) is 3.23. The molecule has 3 aromatic carbocycles. The molecule has 0 spiro atoms. The van der Waals surface area contributed by atoms with Crippen molar-refractivity contribution in [1.82, 2.24) is 4.98 Å². The van der Waals surface area contributed by atoms with E-state index in [0.717, 1.165) is 0 Å². The second-order valence-corrected chi connectivity index (χ2v) is 6.95. The molecule has 1 N–H and O–H groups in total. The highest BCUT2D eigenvalue weighted by molar-refractivity contribution is 6.37. The predicted octanol–water partition coefficient (Wildman–Crippen LogP) is 6.20. The molecule has 0 bridgehead atoms. The van der Waals surface area contributed by atoms with Gasteiger partial charge in [-0.1, -0.05) is 29.3 Å². The fourth-order valence-electron chi connectivity index (χ4n) is 2.84. The van der Waals surface area contributed by atoms with Crippen molar-refractivity contribution in [1.29, 1.82) is 0 Å². The van der Waals surface area contributed by atoms with E-state index in [1.807, 2.05) is 0 Å². The SMILES string of the molecule is COc1c(Cl)cc(C(=O)Nc2ccc3oc(-c4cccc(F)c4)nc3c2)cc1Cl. The smallest absolute Gasteiger partial charge is 0.255 e. The second kappa shape index (κ2) is 7.73. The first-order valence-corrected chi connectivity index (χ1v) is 9.21. The number of nitrogens with one attached hydrogen (secondary N) is 1. The maximum absolute atomic E-state index is 13.4. The summed E-state index contributed by atoms with van der Waals surface area (Å²) in [6, 6.07) is 13.9. The minimum Gasteiger partial charge on any atom is -0.494 e. The van der Waals surface area contributed by atoms with Crippen LogP contribution in [-0.2, 0) is 0 Å². The lowest BCUT2D eigenvalue weighted by Crippen LogP contribution is -2.12. The Morgan fingerprint density at radius 3 is 2.55 bits per heavy atom. The second-order valence-electron chi connectivity index (χ2n) is 6.14. The largest absolute Gasteiger partial charge is 0.494 e. The molecule has 1 amide bonds. The van der Waals surface area contributed by atoms with E-state index in [0.29, 0.717) is 28.1 Å². The van der Waals surface area contributed by atoms with Gasteiger partial charge in [0.05, 0.1) is 17.2 Å². The third kappa shape index (κ3) is 3.90. The molecule has 0 aliphatic heterocycles. The number of amides is 1. The van der Waals surface area contributed by atoms with Crippen LogP contribution in [0.3, 0.4) is 0 Å². The molecule has 0 aliphatic rings. The number of ether oxygens (including phenoxy) is 1. The quantitative estimate of drug-likeness (QED) is 0.418. The van der Waals surface area contributed by atoms with Crippen molar-refractivity contribution in [2.45, 2.75) is 0 Å². The summed E-state index contributed by atoms with van der Waals surface area (Å²) in [7, 11) is 1.44. The number of hydrogen-bond acceptors (Lipinski definition) is 4. The summed E-state index contributed by atoms with van der Waals surface area (Å²) >= 11 is 12.2. The molecule has 146 valence electrons. The van der Waals surface area contributed by atoms with Crippen LogP contribution in [0.2, 0.25) is 10.0 Å². The van der Waals surface area contributed by atoms with Crippen molar-refractivity contribution in [2.75, 3.05) is 12.4 Å². The lowest BCUT2D eigenvalue weighted by Gasteiger charge is -2.09. The Kier molecular flexibility index (Phi) is 5.13. The monoisotopic (exact) mass is 430 g/mol. The summed E-state index contributed by atoms with van der Waals surface area (Å²) in [4.78, 5) is 16.9. The molecule has 4 rings (SSSR count). The van der Waals surface area contributed by atoms with Crippen molar-refractivity contribution in [3.05, 3.63) is 76.0 Å². The van der Waals surface area contributed by atoms with Gasteiger partial charge in [-0.25, -0.2) is 9.37 Å². The summed E-state index contributed by atoms with van der Waals surface area (Å²) in [6.07, 6.45) is 0. The molecule has 0 saturated carbocycles. The van der Waals surface area contributed by atoms with Gasteiger partial charge in [0.1, 0.15) is 11.3 Å². The number of aromatic nitrogens is 1. The number of hydrogen-bond donors (Lipinski definition) is 1. The first kappa shape index (κ1) is 19.2. The van der Waals surface area contributed by atoms with Crippen molar-refractivity contribution < 1.29 is 18.3 Å². The average molecular weight is 431 g/mol. The summed E-state index contributed by atoms with van der Waals surface area (Å²) in [6.45, 7) is 0. The Morgan fingerprint density at radius 1 is 1.10 bits per heavy atom. The van der Waals surface area contributed by atoms with Crippen LogP contribution in [0.4, 0.5) is 10.1 Å². The van der Waals surface area contributed by atoms with Gasteiger partial charge in [-0.15, -0.1) is 0 Å². The van der Waals surface area contributed by atoms with Gasteiger partial charge in [0.2, 0.25) is 5.89 Å². The Labute approximate surface area is 175 Å². The maximum atomic E-state index is 13.4. The molecule has 29 heavy (non-hydrogen) atoms. The summed E-state index contributed by atoms with van der Waals surface area (Å²) in [5.74, 6) is -0.186. The van der Waals surface area contributed by atoms with Crippen molar-refractivity contribution in [3.8, 4) is 17.2 Å². The van der Waals surface area contributed by atoms with E-state index < -0.39 is 5.91 Å². The zero-order valence-corrected chi connectivity index (χ0v) is 16.5. The number of rotatable bonds is 4. The van der Waals surface area contributed by atoms with E-state index in [4.69, 9.17) is 32.4 Å². The molecule has 8 heteroatoms. The Balaban J connectivity index is 1.61. The maximum Gasteiger partial charge on any atom is 0.255 e.